The maximum Gasteiger partial charge on any atom is 0.525 e. The van der Waals surface area contributed by atoms with Gasteiger partial charge in [-0.05, 0) is 70.8 Å². The summed E-state index contributed by atoms with van der Waals surface area (Å²) in [7, 11) is -0.810. The predicted octanol–water partition coefficient (Wildman–Crippen LogP) is 5.76. The van der Waals surface area contributed by atoms with Gasteiger partial charge in [-0.3, -0.25) is 0 Å². The lowest BCUT2D eigenvalue weighted by molar-refractivity contribution is 0.00578. The van der Waals surface area contributed by atoms with Crippen LogP contribution in [0.3, 0.4) is 0 Å². The van der Waals surface area contributed by atoms with Gasteiger partial charge in [0.25, 0.3) is 0 Å². The molecule has 1 heterocycles. The second-order valence-corrected chi connectivity index (χ2v) is 8.82. The normalized spacial score (nSPS) is 32.0. The maximum atomic E-state index is 15.4. The first-order valence-electron chi connectivity index (χ1n) is 9.52. The molecule has 3 fully saturated rings. The summed E-state index contributed by atoms with van der Waals surface area (Å²) >= 11 is 0. The summed E-state index contributed by atoms with van der Waals surface area (Å²) in [6.45, 7) is 7.96. The third kappa shape index (κ3) is 3.14. The zero-order valence-electron chi connectivity index (χ0n) is 15.3. The lowest BCUT2D eigenvalue weighted by atomic mass is 9.68. The van der Waals surface area contributed by atoms with Crippen LogP contribution in [0.1, 0.15) is 91.9 Å². The minimum atomic E-state index is -0.810. The summed E-state index contributed by atoms with van der Waals surface area (Å²) in [5.41, 5.74) is 0.0677. The molecule has 2 saturated carbocycles. The van der Waals surface area contributed by atoms with Crippen LogP contribution in [0.15, 0.2) is 11.3 Å². The van der Waals surface area contributed by atoms with E-state index < -0.39 is 18.3 Å². The summed E-state index contributed by atoms with van der Waals surface area (Å²) < 4.78 is 27.3. The molecule has 1 spiro atoms. The van der Waals surface area contributed by atoms with Crippen molar-refractivity contribution in [3.8, 4) is 0 Å². The van der Waals surface area contributed by atoms with Crippen LogP contribution in [0.25, 0.3) is 0 Å². The standard InChI is InChI=1S/C19H32BFO2/c1-17(2)18(3,4)23-20(22-17)16(21)15-11-10-14-19(15)12-8-6-5-7-9-13-19/h5-14H2,1-4H3. The van der Waals surface area contributed by atoms with Crippen molar-refractivity contribution in [3.63, 3.8) is 0 Å². The number of hydrogen-bond acceptors (Lipinski definition) is 2. The summed E-state index contributed by atoms with van der Waals surface area (Å²) in [5, 5.41) is 0. The van der Waals surface area contributed by atoms with Gasteiger partial charge in [0.15, 0.2) is 0 Å². The summed E-state index contributed by atoms with van der Waals surface area (Å²) in [6.07, 6.45) is 11.9. The van der Waals surface area contributed by atoms with E-state index >= 15 is 4.39 Å². The molecule has 0 bridgehead atoms. The lowest BCUT2D eigenvalue weighted by Gasteiger charge is -2.33. The first kappa shape index (κ1) is 17.5. The molecular weight excluding hydrogens is 290 g/mol. The molecule has 0 aromatic heterocycles. The Morgan fingerprint density at radius 1 is 0.826 bits per heavy atom. The van der Waals surface area contributed by atoms with Gasteiger partial charge in [0.1, 0.15) is 5.73 Å². The van der Waals surface area contributed by atoms with E-state index in [1.807, 2.05) is 27.7 Å². The highest BCUT2D eigenvalue weighted by Gasteiger charge is 2.55. The molecule has 0 aromatic rings. The van der Waals surface area contributed by atoms with Crippen molar-refractivity contribution in [2.24, 2.45) is 5.41 Å². The third-order valence-corrected chi connectivity index (χ3v) is 6.78. The molecule has 0 N–H and O–H groups in total. The summed E-state index contributed by atoms with van der Waals surface area (Å²) in [6, 6.07) is 0. The zero-order valence-corrected chi connectivity index (χ0v) is 15.3. The van der Waals surface area contributed by atoms with Gasteiger partial charge in [0, 0.05) is 0 Å². The Hall–Kier alpha value is -0.345. The van der Waals surface area contributed by atoms with Crippen LogP contribution in [0.5, 0.6) is 0 Å². The van der Waals surface area contributed by atoms with Crippen molar-refractivity contribution >= 4 is 7.12 Å². The Kier molecular flexibility index (Phi) is 4.70. The minimum Gasteiger partial charge on any atom is -0.398 e. The van der Waals surface area contributed by atoms with Crippen molar-refractivity contribution in [2.75, 3.05) is 0 Å². The second kappa shape index (κ2) is 6.18. The van der Waals surface area contributed by atoms with E-state index in [4.69, 9.17) is 9.31 Å². The van der Waals surface area contributed by atoms with Crippen molar-refractivity contribution in [3.05, 3.63) is 11.3 Å². The Morgan fingerprint density at radius 3 is 1.87 bits per heavy atom. The van der Waals surface area contributed by atoms with Crippen molar-refractivity contribution in [1.82, 2.24) is 0 Å². The van der Waals surface area contributed by atoms with E-state index in [9.17, 15) is 0 Å². The second-order valence-electron chi connectivity index (χ2n) is 8.82. The molecule has 3 rings (SSSR count). The van der Waals surface area contributed by atoms with Gasteiger partial charge in [-0.2, -0.15) is 0 Å². The van der Waals surface area contributed by atoms with Gasteiger partial charge in [0.05, 0.1) is 11.2 Å². The van der Waals surface area contributed by atoms with Crippen LogP contribution in [-0.4, -0.2) is 18.3 Å². The van der Waals surface area contributed by atoms with Gasteiger partial charge in [-0.25, -0.2) is 4.39 Å². The fourth-order valence-corrected chi connectivity index (χ4v) is 4.62. The average Bonchev–Trinajstić information content (AvgIpc) is 2.94. The molecule has 2 nitrogen and oxygen atoms in total. The van der Waals surface area contributed by atoms with Gasteiger partial charge >= 0.3 is 7.12 Å². The van der Waals surface area contributed by atoms with Crippen LogP contribution < -0.4 is 0 Å². The SMILES string of the molecule is CC1(C)OB(C(F)=C2CCCC23CCCCCCC3)OC1(C)C. The Labute approximate surface area is 141 Å². The van der Waals surface area contributed by atoms with E-state index in [1.165, 1.54) is 32.1 Å². The highest BCUT2D eigenvalue weighted by Crippen LogP contribution is 2.53. The fraction of sp³-hybridized carbons (Fsp3) is 0.895. The molecule has 1 saturated heterocycles. The van der Waals surface area contributed by atoms with Gasteiger partial charge in [0.2, 0.25) is 0 Å². The van der Waals surface area contributed by atoms with E-state index in [-0.39, 0.29) is 11.1 Å². The first-order chi connectivity index (χ1) is 10.8. The lowest BCUT2D eigenvalue weighted by Crippen LogP contribution is -2.41. The molecule has 130 valence electrons. The molecule has 4 heteroatoms. The maximum absolute atomic E-state index is 15.4. The van der Waals surface area contributed by atoms with Crippen LogP contribution >= 0.6 is 0 Å². The smallest absolute Gasteiger partial charge is 0.398 e. The highest BCUT2D eigenvalue weighted by molar-refractivity contribution is 6.53. The molecule has 0 radical (unpaired) electrons. The van der Waals surface area contributed by atoms with Crippen molar-refractivity contribution < 1.29 is 13.7 Å². The number of rotatable bonds is 1. The van der Waals surface area contributed by atoms with Crippen LogP contribution in [0.4, 0.5) is 4.39 Å². The quantitative estimate of drug-likeness (QED) is 0.572. The molecule has 0 atom stereocenters. The molecule has 0 amide bonds. The average molecular weight is 322 g/mol. The van der Waals surface area contributed by atoms with E-state index in [2.05, 4.69) is 0 Å². The van der Waals surface area contributed by atoms with Gasteiger partial charge < -0.3 is 9.31 Å². The Morgan fingerprint density at radius 2 is 1.30 bits per heavy atom. The number of hydrogen-bond donors (Lipinski definition) is 0. The monoisotopic (exact) mass is 322 g/mol. The van der Waals surface area contributed by atoms with Crippen LogP contribution in [0.2, 0.25) is 0 Å². The predicted molar refractivity (Wildman–Crippen MR) is 92.8 cm³/mol. The minimum absolute atomic E-state index is 0.0914. The van der Waals surface area contributed by atoms with Crippen LogP contribution in [-0.2, 0) is 9.31 Å². The molecule has 2 aliphatic carbocycles. The Bertz CT molecular complexity index is 460. The number of allylic oxidation sites excluding steroid dienone is 1. The largest absolute Gasteiger partial charge is 0.525 e. The Balaban J connectivity index is 1.87. The highest BCUT2D eigenvalue weighted by atomic mass is 19.1. The van der Waals surface area contributed by atoms with E-state index in [0.717, 1.165) is 37.7 Å². The molecule has 1 aliphatic heterocycles. The van der Waals surface area contributed by atoms with Crippen molar-refractivity contribution in [1.29, 1.82) is 0 Å². The van der Waals surface area contributed by atoms with Crippen LogP contribution in [0, 0.1) is 5.41 Å². The van der Waals surface area contributed by atoms with E-state index in [0.29, 0.717) is 0 Å². The summed E-state index contributed by atoms with van der Waals surface area (Å²) in [4.78, 5) is 0. The first-order valence-corrected chi connectivity index (χ1v) is 9.52. The van der Waals surface area contributed by atoms with Gasteiger partial charge in [-0.15, -0.1) is 0 Å². The van der Waals surface area contributed by atoms with Gasteiger partial charge in [-0.1, -0.05) is 32.1 Å². The molecular formula is C19H32BFO2. The zero-order chi connectivity index (χ0) is 16.7. The fourth-order valence-electron chi connectivity index (χ4n) is 4.62. The van der Waals surface area contributed by atoms with E-state index in [1.54, 1.807) is 0 Å². The third-order valence-electron chi connectivity index (χ3n) is 6.78. The summed E-state index contributed by atoms with van der Waals surface area (Å²) in [5.74, 6) is 0. The number of halogens is 1. The van der Waals surface area contributed by atoms with Crippen molar-refractivity contribution in [2.45, 2.75) is 103 Å². The topological polar surface area (TPSA) is 18.5 Å². The molecule has 3 aliphatic rings. The molecule has 23 heavy (non-hydrogen) atoms. The molecule has 0 unspecified atom stereocenters. The molecule has 0 aromatic carbocycles.